The number of carbonyl (C=O) groups excluding carboxylic acids is 1. The summed E-state index contributed by atoms with van der Waals surface area (Å²) < 4.78 is 38.5. The van der Waals surface area contributed by atoms with Gasteiger partial charge in [0.2, 0.25) is 5.91 Å². The van der Waals surface area contributed by atoms with Crippen LogP contribution in [-0.2, 0) is 23.8 Å². The molecule has 6 heteroatoms. The van der Waals surface area contributed by atoms with Crippen LogP contribution in [-0.4, -0.2) is 37.5 Å². The lowest BCUT2D eigenvalue weighted by Gasteiger charge is -2.23. The Kier molecular flexibility index (Phi) is 6.27. The highest BCUT2D eigenvalue weighted by molar-refractivity contribution is 5.78. The topological polar surface area (TPSA) is 23.6 Å². The fraction of sp³-hybridized carbons (Fsp3) is 0.409. The molecule has 1 amide bonds. The summed E-state index contributed by atoms with van der Waals surface area (Å²) in [5.41, 5.74) is 2.07. The first-order valence-electron chi connectivity index (χ1n) is 9.57. The third kappa shape index (κ3) is 5.06. The number of hydrogen-bond acceptors (Lipinski definition) is 2. The Morgan fingerprint density at radius 1 is 1.07 bits per heavy atom. The Hall–Kier alpha value is -2.50. The van der Waals surface area contributed by atoms with Crippen molar-refractivity contribution in [3.8, 4) is 0 Å². The van der Waals surface area contributed by atoms with Crippen LogP contribution in [0.5, 0.6) is 0 Å². The number of para-hydroxylation sites is 1. The average molecular weight is 390 g/mol. The molecule has 0 atom stereocenters. The average Bonchev–Trinajstić information content (AvgIpc) is 3.20. The minimum atomic E-state index is -4.40. The van der Waals surface area contributed by atoms with Gasteiger partial charge in [0.05, 0.1) is 12.0 Å². The van der Waals surface area contributed by atoms with Gasteiger partial charge in [0.15, 0.2) is 0 Å². The van der Waals surface area contributed by atoms with Crippen LogP contribution in [0.4, 0.5) is 18.9 Å². The van der Waals surface area contributed by atoms with Crippen molar-refractivity contribution in [1.82, 2.24) is 4.90 Å². The SMILES string of the molecule is CN(CCc1ccccc1N1CCCC1)C(=O)Cc1cccc(C(F)(F)F)c1. The quantitative estimate of drug-likeness (QED) is 0.723. The molecule has 2 aromatic carbocycles. The second-order valence-corrected chi connectivity index (χ2v) is 7.26. The number of hydrogen-bond donors (Lipinski definition) is 0. The predicted octanol–water partition coefficient (Wildman–Crippen LogP) is 4.55. The summed E-state index contributed by atoms with van der Waals surface area (Å²) in [6, 6.07) is 13.2. The van der Waals surface area contributed by atoms with Crippen LogP contribution in [0.1, 0.15) is 29.5 Å². The highest BCUT2D eigenvalue weighted by Gasteiger charge is 2.30. The van der Waals surface area contributed by atoms with Crippen molar-refractivity contribution in [2.45, 2.75) is 31.9 Å². The first kappa shape index (κ1) is 20.2. The molecule has 0 aromatic heterocycles. The number of nitrogens with zero attached hydrogens (tertiary/aromatic N) is 2. The lowest BCUT2D eigenvalue weighted by Crippen LogP contribution is -2.30. The molecule has 1 aliphatic heterocycles. The van der Waals surface area contributed by atoms with Gasteiger partial charge in [-0.05, 0) is 42.5 Å². The van der Waals surface area contributed by atoms with Crippen molar-refractivity contribution < 1.29 is 18.0 Å². The van der Waals surface area contributed by atoms with Crippen LogP contribution < -0.4 is 4.90 Å². The molecule has 0 aliphatic carbocycles. The van der Waals surface area contributed by atoms with Gasteiger partial charge >= 0.3 is 6.18 Å². The number of halogens is 3. The van der Waals surface area contributed by atoms with Crippen LogP contribution >= 0.6 is 0 Å². The van der Waals surface area contributed by atoms with Gasteiger partial charge in [-0.25, -0.2) is 0 Å². The Balaban J connectivity index is 1.60. The summed E-state index contributed by atoms with van der Waals surface area (Å²) in [4.78, 5) is 16.4. The van der Waals surface area contributed by atoms with Crippen LogP contribution in [0, 0.1) is 0 Å². The molecule has 2 aromatic rings. The van der Waals surface area contributed by atoms with E-state index in [1.165, 1.54) is 30.2 Å². The Morgan fingerprint density at radius 3 is 2.50 bits per heavy atom. The van der Waals surface area contributed by atoms with E-state index in [1.54, 1.807) is 18.0 Å². The van der Waals surface area contributed by atoms with Crippen LogP contribution in [0.3, 0.4) is 0 Å². The number of likely N-dealkylation sites (N-methyl/N-ethyl adjacent to an activating group) is 1. The van der Waals surface area contributed by atoms with Crippen molar-refractivity contribution in [2.24, 2.45) is 0 Å². The van der Waals surface area contributed by atoms with Gasteiger partial charge in [-0.15, -0.1) is 0 Å². The van der Waals surface area contributed by atoms with E-state index >= 15 is 0 Å². The van der Waals surface area contributed by atoms with Crippen LogP contribution in [0.15, 0.2) is 48.5 Å². The Labute approximate surface area is 163 Å². The molecule has 28 heavy (non-hydrogen) atoms. The number of alkyl halides is 3. The Bertz CT molecular complexity index is 813. The number of rotatable bonds is 6. The molecule has 0 spiro atoms. The fourth-order valence-electron chi connectivity index (χ4n) is 3.57. The molecule has 0 saturated carbocycles. The normalized spacial score (nSPS) is 14.4. The van der Waals surface area contributed by atoms with E-state index in [2.05, 4.69) is 17.0 Å². The molecule has 3 nitrogen and oxygen atoms in total. The molecular weight excluding hydrogens is 365 g/mol. The second kappa shape index (κ2) is 8.67. The number of carbonyl (C=O) groups is 1. The van der Waals surface area contributed by atoms with Crippen molar-refractivity contribution in [1.29, 1.82) is 0 Å². The van der Waals surface area contributed by atoms with Crippen LogP contribution in [0.25, 0.3) is 0 Å². The van der Waals surface area contributed by atoms with Crippen molar-refractivity contribution in [2.75, 3.05) is 31.6 Å². The zero-order valence-corrected chi connectivity index (χ0v) is 16.0. The summed E-state index contributed by atoms with van der Waals surface area (Å²) in [5, 5.41) is 0. The molecule has 0 radical (unpaired) electrons. The standard InChI is InChI=1S/C22H25F3N2O/c1-26(21(28)16-17-7-6-9-19(15-17)22(23,24)25)14-11-18-8-2-3-10-20(18)27-12-4-5-13-27/h2-3,6-10,15H,4-5,11-14,16H2,1H3. The van der Waals surface area contributed by atoms with Gasteiger partial charge in [0.1, 0.15) is 0 Å². The molecule has 1 heterocycles. The van der Waals surface area contributed by atoms with E-state index < -0.39 is 11.7 Å². The molecule has 0 N–H and O–H groups in total. The molecule has 1 aliphatic rings. The van der Waals surface area contributed by atoms with Gasteiger partial charge < -0.3 is 9.80 Å². The van der Waals surface area contributed by atoms with E-state index in [9.17, 15) is 18.0 Å². The Morgan fingerprint density at radius 2 is 1.79 bits per heavy atom. The molecule has 1 saturated heterocycles. The van der Waals surface area contributed by atoms with Crippen LogP contribution in [0.2, 0.25) is 0 Å². The third-order valence-electron chi connectivity index (χ3n) is 5.19. The van der Waals surface area contributed by atoms with Gasteiger partial charge in [-0.3, -0.25) is 4.79 Å². The smallest absolute Gasteiger partial charge is 0.371 e. The molecule has 3 rings (SSSR count). The largest absolute Gasteiger partial charge is 0.416 e. The summed E-state index contributed by atoms with van der Waals surface area (Å²) in [6.45, 7) is 2.64. The third-order valence-corrected chi connectivity index (χ3v) is 5.19. The van der Waals surface area contributed by atoms with E-state index in [0.29, 0.717) is 12.1 Å². The molecule has 0 unspecified atom stereocenters. The number of amides is 1. The lowest BCUT2D eigenvalue weighted by molar-refractivity contribution is -0.137. The van der Waals surface area contributed by atoms with Crippen molar-refractivity contribution in [3.05, 3.63) is 65.2 Å². The zero-order chi connectivity index (χ0) is 20.1. The van der Waals surface area contributed by atoms with Gasteiger partial charge in [-0.1, -0.05) is 36.4 Å². The molecule has 150 valence electrons. The summed E-state index contributed by atoms with van der Waals surface area (Å²) in [7, 11) is 1.70. The van der Waals surface area contributed by atoms with E-state index in [0.717, 1.165) is 31.6 Å². The summed E-state index contributed by atoms with van der Waals surface area (Å²) >= 11 is 0. The minimum absolute atomic E-state index is 0.0335. The van der Waals surface area contributed by atoms with Crippen molar-refractivity contribution >= 4 is 11.6 Å². The molecule has 0 bridgehead atoms. The van der Waals surface area contributed by atoms with Crippen molar-refractivity contribution in [3.63, 3.8) is 0 Å². The van der Waals surface area contributed by atoms with Gasteiger partial charge in [-0.2, -0.15) is 13.2 Å². The van der Waals surface area contributed by atoms with Gasteiger partial charge in [0, 0.05) is 32.4 Å². The second-order valence-electron chi connectivity index (χ2n) is 7.26. The zero-order valence-electron chi connectivity index (χ0n) is 16.0. The maximum Gasteiger partial charge on any atom is 0.416 e. The highest BCUT2D eigenvalue weighted by Crippen LogP contribution is 2.29. The first-order valence-corrected chi connectivity index (χ1v) is 9.57. The first-order chi connectivity index (χ1) is 13.3. The summed E-state index contributed by atoms with van der Waals surface area (Å²) in [5.74, 6) is -0.182. The van der Waals surface area contributed by atoms with Gasteiger partial charge in [0.25, 0.3) is 0 Å². The predicted molar refractivity (Wildman–Crippen MR) is 104 cm³/mol. The fourth-order valence-corrected chi connectivity index (χ4v) is 3.57. The van der Waals surface area contributed by atoms with E-state index in [1.807, 2.05) is 12.1 Å². The van der Waals surface area contributed by atoms with E-state index in [-0.39, 0.29) is 12.3 Å². The number of benzene rings is 2. The summed E-state index contributed by atoms with van der Waals surface area (Å²) in [6.07, 6.45) is -1.32. The molecular formula is C22H25F3N2O. The highest BCUT2D eigenvalue weighted by atomic mass is 19.4. The maximum absolute atomic E-state index is 12.8. The molecule has 1 fully saturated rings. The van der Waals surface area contributed by atoms with E-state index in [4.69, 9.17) is 0 Å². The maximum atomic E-state index is 12.8. The minimum Gasteiger partial charge on any atom is -0.371 e. The lowest BCUT2D eigenvalue weighted by atomic mass is 10.1. The number of anilines is 1. The monoisotopic (exact) mass is 390 g/mol.